The molecule has 1 aromatic rings. The normalized spacial score (nSPS) is 23.6. The summed E-state index contributed by atoms with van der Waals surface area (Å²) in [7, 11) is 0. The number of aliphatic hydroxyl groups excluding tert-OH is 1. The maximum absolute atomic E-state index is 11.8. The first kappa shape index (κ1) is 12.1. The molecule has 1 fully saturated rings. The fraction of sp³-hybridized carbons (Fsp3) is 0.462. The third-order valence-corrected chi connectivity index (χ3v) is 3.05. The minimum absolute atomic E-state index is 0.0780. The molecule has 92 valence electrons. The zero-order valence-corrected chi connectivity index (χ0v) is 9.94. The van der Waals surface area contributed by atoms with Gasteiger partial charge >= 0.3 is 0 Å². The largest absolute Gasteiger partial charge is 0.392 e. The topological polar surface area (TPSA) is 61.4 Å². The van der Waals surface area contributed by atoms with Crippen LogP contribution in [0.4, 0.5) is 5.69 Å². The summed E-state index contributed by atoms with van der Waals surface area (Å²) in [5, 5.41) is 15.2. The fourth-order valence-electron chi connectivity index (χ4n) is 1.97. The van der Waals surface area contributed by atoms with Crippen molar-refractivity contribution in [1.82, 2.24) is 5.32 Å². The van der Waals surface area contributed by atoms with Crippen molar-refractivity contribution in [1.29, 1.82) is 0 Å². The minimum atomic E-state index is -0.409. The van der Waals surface area contributed by atoms with Gasteiger partial charge in [0.2, 0.25) is 5.91 Å². The van der Waals surface area contributed by atoms with E-state index in [1.165, 1.54) is 5.56 Å². The molecule has 4 heteroatoms. The highest BCUT2D eigenvalue weighted by atomic mass is 16.3. The van der Waals surface area contributed by atoms with Crippen LogP contribution >= 0.6 is 0 Å². The standard InChI is InChI=1S/C13H18N2O2/c1-2-9-3-5-10(6-4-9)15-13(17)12-7-11(16)8-14-12/h3-6,11-12,14,16H,2,7-8H2,1H3,(H,15,17). The minimum Gasteiger partial charge on any atom is -0.392 e. The third-order valence-electron chi connectivity index (χ3n) is 3.05. The summed E-state index contributed by atoms with van der Waals surface area (Å²) in [6.45, 7) is 2.59. The van der Waals surface area contributed by atoms with E-state index < -0.39 is 6.10 Å². The molecule has 0 bridgehead atoms. The molecule has 1 aromatic carbocycles. The van der Waals surface area contributed by atoms with E-state index in [9.17, 15) is 9.90 Å². The number of benzene rings is 1. The summed E-state index contributed by atoms with van der Waals surface area (Å²) in [4.78, 5) is 11.8. The Kier molecular flexibility index (Phi) is 3.76. The number of carbonyl (C=O) groups is 1. The summed E-state index contributed by atoms with van der Waals surface area (Å²) >= 11 is 0. The van der Waals surface area contributed by atoms with Gasteiger partial charge in [-0.05, 0) is 30.5 Å². The van der Waals surface area contributed by atoms with Crippen molar-refractivity contribution in [3.8, 4) is 0 Å². The molecule has 1 amide bonds. The number of nitrogens with one attached hydrogen (secondary N) is 2. The van der Waals surface area contributed by atoms with Gasteiger partial charge in [0, 0.05) is 12.2 Å². The molecule has 1 aliphatic rings. The fourth-order valence-corrected chi connectivity index (χ4v) is 1.97. The van der Waals surface area contributed by atoms with Crippen LogP contribution in [0.25, 0.3) is 0 Å². The first-order chi connectivity index (χ1) is 8.19. The third kappa shape index (κ3) is 3.05. The molecule has 2 atom stereocenters. The molecule has 0 aromatic heterocycles. The number of hydrogen-bond acceptors (Lipinski definition) is 3. The average Bonchev–Trinajstić information content (AvgIpc) is 2.77. The number of carbonyl (C=O) groups excluding carboxylic acids is 1. The van der Waals surface area contributed by atoms with Crippen LogP contribution in [-0.4, -0.2) is 29.7 Å². The van der Waals surface area contributed by atoms with Gasteiger partial charge in [-0.15, -0.1) is 0 Å². The molecule has 0 saturated carbocycles. The predicted octanol–water partition coefficient (Wildman–Crippen LogP) is 0.910. The zero-order valence-electron chi connectivity index (χ0n) is 9.94. The second-order valence-electron chi connectivity index (χ2n) is 4.39. The number of β-amino-alcohol motifs (C(OH)–C–C–N with tert-alkyl or cyclic N) is 1. The van der Waals surface area contributed by atoms with Crippen molar-refractivity contribution < 1.29 is 9.90 Å². The lowest BCUT2D eigenvalue weighted by Gasteiger charge is -2.11. The Morgan fingerprint density at radius 2 is 2.18 bits per heavy atom. The Morgan fingerprint density at radius 1 is 1.47 bits per heavy atom. The van der Waals surface area contributed by atoms with Crippen LogP contribution < -0.4 is 10.6 Å². The van der Waals surface area contributed by atoms with Crippen molar-refractivity contribution in [2.24, 2.45) is 0 Å². The summed E-state index contributed by atoms with van der Waals surface area (Å²) in [5.41, 5.74) is 2.05. The highest BCUT2D eigenvalue weighted by Crippen LogP contribution is 2.13. The molecule has 0 spiro atoms. The maximum atomic E-state index is 11.8. The second-order valence-corrected chi connectivity index (χ2v) is 4.39. The van der Waals surface area contributed by atoms with Crippen LogP contribution in [0.1, 0.15) is 18.9 Å². The molecule has 3 N–H and O–H groups in total. The Bertz CT molecular complexity index is 389. The quantitative estimate of drug-likeness (QED) is 0.728. The first-order valence-corrected chi connectivity index (χ1v) is 6.00. The van der Waals surface area contributed by atoms with E-state index >= 15 is 0 Å². The summed E-state index contributed by atoms with van der Waals surface area (Å²) in [5.74, 6) is -0.0780. The van der Waals surface area contributed by atoms with E-state index in [1.54, 1.807) is 0 Å². The molecule has 4 nitrogen and oxygen atoms in total. The number of anilines is 1. The van der Waals surface area contributed by atoms with E-state index in [0.717, 1.165) is 12.1 Å². The number of aliphatic hydroxyl groups is 1. The van der Waals surface area contributed by atoms with Crippen molar-refractivity contribution in [2.45, 2.75) is 31.9 Å². The Balaban J connectivity index is 1.93. The van der Waals surface area contributed by atoms with Crippen LogP contribution in [0.2, 0.25) is 0 Å². The molecule has 17 heavy (non-hydrogen) atoms. The smallest absolute Gasteiger partial charge is 0.241 e. The lowest BCUT2D eigenvalue weighted by molar-refractivity contribution is -0.117. The maximum Gasteiger partial charge on any atom is 0.241 e. The van der Waals surface area contributed by atoms with Gasteiger partial charge in [-0.25, -0.2) is 0 Å². The van der Waals surface area contributed by atoms with Crippen LogP contribution in [0.15, 0.2) is 24.3 Å². The van der Waals surface area contributed by atoms with E-state index in [0.29, 0.717) is 13.0 Å². The molecule has 2 unspecified atom stereocenters. The van der Waals surface area contributed by atoms with Crippen molar-refractivity contribution in [2.75, 3.05) is 11.9 Å². The molecule has 2 rings (SSSR count). The zero-order chi connectivity index (χ0) is 12.3. The Labute approximate surface area is 101 Å². The number of amides is 1. The van der Waals surface area contributed by atoms with Crippen molar-refractivity contribution in [3.63, 3.8) is 0 Å². The highest BCUT2D eigenvalue weighted by molar-refractivity contribution is 5.95. The predicted molar refractivity (Wildman–Crippen MR) is 66.9 cm³/mol. The van der Waals surface area contributed by atoms with Gasteiger partial charge < -0.3 is 15.7 Å². The van der Waals surface area contributed by atoms with Gasteiger partial charge in [0.15, 0.2) is 0 Å². The molecule has 1 aliphatic heterocycles. The molecular weight excluding hydrogens is 216 g/mol. The van der Waals surface area contributed by atoms with Crippen LogP contribution in [-0.2, 0) is 11.2 Å². The van der Waals surface area contributed by atoms with Gasteiger partial charge in [0.25, 0.3) is 0 Å². The van der Waals surface area contributed by atoms with Gasteiger partial charge in [-0.3, -0.25) is 4.79 Å². The van der Waals surface area contributed by atoms with Crippen molar-refractivity contribution >= 4 is 11.6 Å². The molecule has 1 heterocycles. The molecule has 0 radical (unpaired) electrons. The van der Waals surface area contributed by atoms with E-state index in [4.69, 9.17) is 0 Å². The first-order valence-electron chi connectivity index (χ1n) is 6.00. The van der Waals surface area contributed by atoms with Gasteiger partial charge in [-0.2, -0.15) is 0 Å². The summed E-state index contributed by atoms with van der Waals surface area (Å²) in [6.07, 6.45) is 1.07. The van der Waals surface area contributed by atoms with Crippen molar-refractivity contribution in [3.05, 3.63) is 29.8 Å². The molecular formula is C13H18N2O2. The van der Waals surface area contributed by atoms with Crippen LogP contribution in [0.3, 0.4) is 0 Å². The molecule has 1 saturated heterocycles. The number of hydrogen-bond donors (Lipinski definition) is 3. The number of aryl methyl sites for hydroxylation is 1. The number of rotatable bonds is 3. The Morgan fingerprint density at radius 3 is 2.71 bits per heavy atom. The highest BCUT2D eigenvalue weighted by Gasteiger charge is 2.27. The monoisotopic (exact) mass is 234 g/mol. The molecule has 0 aliphatic carbocycles. The van der Waals surface area contributed by atoms with Gasteiger partial charge in [-0.1, -0.05) is 19.1 Å². The van der Waals surface area contributed by atoms with Crippen LogP contribution in [0, 0.1) is 0 Å². The Hall–Kier alpha value is -1.39. The lowest BCUT2D eigenvalue weighted by atomic mass is 10.1. The lowest BCUT2D eigenvalue weighted by Crippen LogP contribution is -2.35. The van der Waals surface area contributed by atoms with E-state index in [2.05, 4.69) is 17.6 Å². The van der Waals surface area contributed by atoms with Gasteiger partial charge in [0.1, 0.15) is 0 Å². The SMILES string of the molecule is CCc1ccc(NC(=O)C2CC(O)CN2)cc1. The second kappa shape index (κ2) is 5.29. The van der Waals surface area contributed by atoms with Gasteiger partial charge in [0.05, 0.1) is 12.1 Å². The van der Waals surface area contributed by atoms with E-state index in [-0.39, 0.29) is 11.9 Å². The average molecular weight is 234 g/mol. The summed E-state index contributed by atoms with van der Waals surface area (Å²) in [6, 6.07) is 7.54. The van der Waals surface area contributed by atoms with Crippen LogP contribution in [0.5, 0.6) is 0 Å². The van der Waals surface area contributed by atoms with E-state index in [1.807, 2.05) is 24.3 Å². The summed E-state index contributed by atoms with van der Waals surface area (Å²) < 4.78 is 0.